The normalized spacial score (nSPS) is 13.9. The lowest BCUT2D eigenvalue weighted by Gasteiger charge is -2.34. The van der Waals surface area contributed by atoms with Crippen LogP contribution < -0.4 is 10.1 Å². The van der Waals surface area contributed by atoms with E-state index in [1.54, 1.807) is 12.4 Å². The summed E-state index contributed by atoms with van der Waals surface area (Å²) in [5.41, 5.74) is 3.94. The van der Waals surface area contributed by atoms with E-state index < -0.39 is 0 Å². The first-order valence-corrected chi connectivity index (χ1v) is 10.7. The average Bonchev–Trinajstić information content (AvgIpc) is 3.26. The lowest BCUT2D eigenvalue weighted by Crippen LogP contribution is -2.39. The van der Waals surface area contributed by atoms with Crippen LogP contribution in [0.25, 0.3) is 0 Å². The average molecular weight is 431 g/mol. The molecule has 0 spiro atoms. The lowest BCUT2D eigenvalue weighted by molar-refractivity contribution is 0.0672. The molecule has 3 aromatic rings. The number of carbonyl (C=O) groups is 1. The van der Waals surface area contributed by atoms with Gasteiger partial charge >= 0.3 is 0 Å². The monoisotopic (exact) mass is 430 g/mol. The third kappa shape index (κ3) is 4.02. The predicted octanol–water partition coefficient (Wildman–Crippen LogP) is 3.40. The van der Waals surface area contributed by atoms with Crippen LogP contribution in [-0.4, -0.2) is 45.5 Å². The SMILES string of the molecule is CCOc1cc([C@H](C)N2CCc3ccc(Cn4ccnc4NC)cc3C2=O)cnc1C#N. The molecule has 2 aromatic heterocycles. The lowest BCUT2D eigenvalue weighted by atomic mass is 9.94. The summed E-state index contributed by atoms with van der Waals surface area (Å²) in [6.07, 6.45) is 6.11. The zero-order valence-corrected chi connectivity index (χ0v) is 18.5. The summed E-state index contributed by atoms with van der Waals surface area (Å²) in [5.74, 6) is 1.23. The summed E-state index contributed by atoms with van der Waals surface area (Å²) in [5, 5.41) is 12.3. The van der Waals surface area contributed by atoms with Gasteiger partial charge in [-0.05, 0) is 49.1 Å². The van der Waals surface area contributed by atoms with Crippen LogP contribution in [0, 0.1) is 11.3 Å². The first kappa shape index (κ1) is 21.4. The van der Waals surface area contributed by atoms with E-state index in [1.807, 2.05) is 48.7 Å². The molecule has 4 rings (SSSR count). The number of carbonyl (C=O) groups excluding carboxylic acids is 1. The van der Waals surface area contributed by atoms with Crippen molar-refractivity contribution in [3.8, 4) is 11.8 Å². The van der Waals surface area contributed by atoms with Crippen molar-refractivity contribution in [1.29, 1.82) is 5.26 Å². The van der Waals surface area contributed by atoms with Gasteiger partial charge in [-0.3, -0.25) is 4.79 Å². The molecule has 32 heavy (non-hydrogen) atoms. The molecule has 1 atom stereocenters. The zero-order valence-electron chi connectivity index (χ0n) is 18.5. The number of pyridine rings is 1. The van der Waals surface area contributed by atoms with Crippen molar-refractivity contribution in [2.24, 2.45) is 0 Å². The summed E-state index contributed by atoms with van der Waals surface area (Å²) >= 11 is 0. The highest BCUT2D eigenvalue weighted by molar-refractivity contribution is 5.97. The van der Waals surface area contributed by atoms with E-state index in [2.05, 4.69) is 33.5 Å². The van der Waals surface area contributed by atoms with Gasteiger partial charge in [-0.25, -0.2) is 9.97 Å². The van der Waals surface area contributed by atoms with Gasteiger partial charge in [-0.2, -0.15) is 5.26 Å². The van der Waals surface area contributed by atoms with E-state index >= 15 is 0 Å². The molecule has 0 saturated heterocycles. The highest BCUT2D eigenvalue weighted by Gasteiger charge is 2.29. The Labute approximate surface area is 187 Å². The van der Waals surface area contributed by atoms with Crippen LogP contribution in [-0.2, 0) is 13.0 Å². The summed E-state index contributed by atoms with van der Waals surface area (Å²) in [6, 6.07) is 9.79. The number of aromatic nitrogens is 3. The molecule has 0 radical (unpaired) electrons. The summed E-state index contributed by atoms with van der Waals surface area (Å²) in [7, 11) is 1.84. The second-order valence-corrected chi connectivity index (χ2v) is 7.70. The predicted molar refractivity (Wildman–Crippen MR) is 121 cm³/mol. The van der Waals surface area contributed by atoms with Crippen LogP contribution in [0.3, 0.4) is 0 Å². The number of hydrogen-bond acceptors (Lipinski definition) is 6. The second-order valence-electron chi connectivity index (χ2n) is 7.70. The molecule has 1 aliphatic rings. The van der Waals surface area contributed by atoms with Crippen molar-refractivity contribution >= 4 is 11.9 Å². The fourth-order valence-corrected chi connectivity index (χ4v) is 4.08. The van der Waals surface area contributed by atoms with Crippen molar-refractivity contribution < 1.29 is 9.53 Å². The maximum atomic E-state index is 13.4. The first-order chi connectivity index (χ1) is 15.5. The van der Waals surface area contributed by atoms with Gasteiger partial charge in [-0.15, -0.1) is 0 Å². The molecular formula is C24H26N6O2. The van der Waals surface area contributed by atoms with E-state index in [4.69, 9.17) is 4.74 Å². The number of nitriles is 1. The van der Waals surface area contributed by atoms with Gasteiger partial charge < -0.3 is 19.5 Å². The van der Waals surface area contributed by atoms with Crippen molar-refractivity contribution in [3.63, 3.8) is 0 Å². The maximum absolute atomic E-state index is 13.4. The Balaban J connectivity index is 1.59. The molecule has 1 aromatic carbocycles. The minimum atomic E-state index is -0.191. The van der Waals surface area contributed by atoms with Gasteiger partial charge in [0, 0.05) is 37.7 Å². The van der Waals surface area contributed by atoms with Crippen molar-refractivity contribution in [2.45, 2.75) is 32.9 Å². The van der Waals surface area contributed by atoms with E-state index in [1.165, 1.54) is 0 Å². The van der Waals surface area contributed by atoms with E-state index in [0.29, 0.717) is 25.4 Å². The number of ether oxygens (including phenoxy) is 1. The highest BCUT2D eigenvalue weighted by atomic mass is 16.5. The standard InChI is InChI=1S/C24H26N6O2/c1-4-32-22-12-19(14-28-21(22)13-25)16(2)30-9-7-18-6-5-17(11-20(18)23(30)31)15-29-10-8-27-24(29)26-3/h5-6,8,10-12,14,16H,4,7,9,15H2,1-3H3,(H,26,27)/t16-/m0/s1. The Morgan fingerprint density at radius 3 is 2.91 bits per heavy atom. The number of amides is 1. The van der Waals surface area contributed by atoms with E-state index in [-0.39, 0.29) is 17.6 Å². The molecule has 3 heterocycles. The summed E-state index contributed by atoms with van der Waals surface area (Å²) in [4.78, 5) is 23.8. The van der Waals surface area contributed by atoms with E-state index in [9.17, 15) is 10.1 Å². The molecule has 0 aliphatic carbocycles. The Morgan fingerprint density at radius 2 is 2.16 bits per heavy atom. The van der Waals surface area contributed by atoms with Gasteiger partial charge in [0.2, 0.25) is 5.95 Å². The van der Waals surface area contributed by atoms with Crippen LogP contribution in [0.1, 0.15) is 52.6 Å². The molecule has 0 bridgehead atoms. The zero-order chi connectivity index (χ0) is 22.7. The van der Waals surface area contributed by atoms with Gasteiger partial charge in [0.25, 0.3) is 5.91 Å². The van der Waals surface area contributed by atoms with Crippen LogP contribution in [0.4, 0.5) is 5.95 Å². The minimum Gasteiger partial charge on any atom is -0.491 e. The number of imidazole rings is 1. The third-order valence-electron chi connectivity index (χ3n) is 5.81. The maximum Gasteiger partial charge on any atom is 0.254 e. The topological polar surface area (TPSA) is 96.1 Å². The molecule has 0 unspecified atom stereocenters. The number of nitrogens with zero attached hydrogens (tertiary/aromatic N) is 5. The number of rotatable bonds is 7. The molecule has 8 nitrogen and oxygen atoms in total. The van der Waals surface area contributed by atoms with E-state index in [0.717, 1.165) is 34.6 Å². The quantitative estimate of drug-likeness (QED) is 0.617. The Bertz CT molecular complexity index is 1180. The third-order valence-corrected chi connectivity index (χ3v) is 5.81. The Morgan fingerprint density at radius 1 is 1.31 bits per heavy atom. The molecule has 1 N–H and O–H groups in total. The Hall–Kier alpha value is -3.86. The first-order valence-electron chi connectivity index (χ1n) is 10.7. The molecule has 164 valence electrons. The number of benzene rings is 1. The molecule has 0 fully saturated rings. The van der Waals surface area contributed by atoms with Crippen LogP contribution >= 0.6 is 0 Å². The van der Waals surface area contributed by atoms with Crippen LogP contribution in [0.15, 0.2) is 42.9 Å². The number of fused-ring (bicyclic) bond motifs is 1. The smallest absolute Gasteiger partial charge is 0.254 e. The molecule has 0 saturated carbocycles. The fraction of sp³-hybridized carbons (Fsp3) is 0.333. The fourth-order valence-electron chi connectivity index (χ4n) is 4.08. The molecule has 1 amide bonds. The number of anilines is 1. The van der Waals surface area contributed by atoms with Crippen LogP contribution in [0.2, 0.25) is 0 Å². The minimum absolute atomic E-state index is 0.00221. The number of hydrogen-bond donors (Lipinski definition) is 1. The molecular weight excluding hydrogens is 404 g/mol. The van der Waals surface area contributed by atoms with Gasteiger partial charge in [0.05, 0.1) is 19.2 Å². The molecule has 1 aliphatic heterocycles. The van der Waals surface area contributed by atoms with Crippen molar-refractivity contribution in [2.75, 3.05) is 25.5 Å². The number of nitrogens with one attached hydrogen (secondary N) is 1. The highest BCUT2D eigenvalue weighted by Crippen LogP contribution is 2.30. The molecule has 8 heteroatoms. The second kappa shape index (κ2) is 9.10. The Kier molecular flexibility index (Phi) is 6.08. The summed E-state index contributed by atoms with van der Waals surface area (Å²) < 4.78 is 7.58. The van der Waals surface area contributed by atoms with Crippen LogP contribution in [0.5, 0.6) is 5.75 Å². The largest absolute Gasteiger partial charge is 0.491 e. The van der Waals surface area contributed by atoms with Crippen molar-refractivity contribution in [3.05, 3.63) is 70.8 Å². The van der Waals surface area contributed by atoms with Gasteiger partial charge in [-0.1, -0.05) is 12.1 Å². The summed E-state index contributed by atoms with van der Waals surface area (Å²) in [6.45, 7) is 5.55. The van der Waals surface area contributed by atoms with Crippen molar-refractivity contribution in [1.82, 2.24) is 19.4 Å². The van der Waals surface area contributed by atoms with Gasteiger partial charge in [0.15, 0.2) is 11.4 Å². The van der Waals surface area contributed by atoms with Gasteiger partial charge in [0.1, 0.15) is 6.07 Å².